The third kappa shape index (κ3) is 4.20. The maximum atomic E-state index is 12.3. The minimum absolute atomic E-state index is 0.0193. The average Bonchev–Trinajstić information content (AvgIpc) is 2.98. The molecule has 1 N–H and O–H groups in total. The monoisotopic (exact) mass is 364 g/mol. The van der Waals surface area contributed by atoms with Crippen molar-refractivity contribution in [3.8, 4) is 10.6 Å². The summed E-state index contributed by atoms with van der Waals surface area (Å²) >= 11 is 1.71. The van der Waals surface area contributed by atoms with Crippen molar-refractivity contribution in [3.05, 3.63) is 75.3 Å². The summed E-state index contributed by atoms with van der Waals surface area (Å²) in [6, 6.07) is 14.2. The fraction of sp³-hybridized carbons (Fsp3) is 0.273. The van der Waals surface area contributed by atoms with Gasteiger partial charge in [0.25, 0.3) is 5.91 Å². The number of carbonyl (C=O) groups excluding carboxylic acids is 1. The van der Waals surface area contributed by atoms with E-state index in [1.165, 1.54) is 16.0 Å². The Morgan fingerprint density at radius 1 is 1.04 bits per heavy atom. The second-order valence-electron chi connectivity index (χ2n) is 6.70. The Balaban J connectivity index is 1.63. The van der Waals surface area contributed by atoms with E-state index in [9.17, 15) is 4.79 Å². The van der Waals surface area contributed by atoms with Crippen LogP contribution in [0, 0.1) is 27.7 Å². The zero-order valence-electron chi connectivity index (χ0n) is 15.7. The summed E-state index contributed by atoms with van der Waals surface area (Å²) in [7, 11) is 0. The van der Waals surface area contributed by atoms with Crippen LogP contribution in [-0.4, -0.2) is 17.4 Å². The number of amides is 1. The van der Waals surface area contributed by atoms with Crippen LogP contribution in [0.1, 0.15) is 37.6 Å². The fourth-order valence-electron chi connectivity index (χ4n) is 2.84. The van der Waals surface area contributed by atoms with Crippen molar-refractivity contribution >= 4 is 17.2 Å². The lowest BCUT2D eigenvalue weighted by molar-refractivity contribution is 0.0954. The highest BCUT2D eigenvalue weighted by atomic mass is 32.1. The summed E-state index contributed by atoms with van der Waals surface area (Å²) in [4.78, 5) is 18.3. The molecule has 0 aliphatic heterocycles. The standard InChI is InChI=1S/C22H24N2OS/c1-14-6-5-7-19(12-14)22-24-17(4)20(26-22)10-11-23-21(25)18-9-8-15(2)16(3)13-18/h5-9,12-13H,10-11H2,1-4H3,(H,23,25). The van der Waals surface area contributed by atoms with Crippen LogP contribution in [0.4, 0.5) is 0 Å². The molecule has 0 saturated heterocycles. The molecule has 0 radical (unpaired) electrons. The predicted octanol–water partition coefficient (Wildman–Crippen LogP) is 5.02. The van der Waals surface area contributed by atoms with Crippen LogP contribution in [-0.2, 0) is 6.42 Å². The second-order valence-corrected chi connectivity index (χ2v) is 7.79. The van der Waals surface area contributed by atoms with E-state index in [-0.39, 0.29) is 5.91 Å². The number of carbonyl (C=O) groups is 1. The van der Waals surface area contributed by atoms with E-state index in [4.69, 9.17) is 4.98 Å². The lowest BCUT2D eigenvalue weighted by Crippen LogP contribution is -2.25. The molecule has 0 unspecified atom stereocenters. The van der Waals surface area contributed by atoms with Crippen LogP contribution in [0.5, 0.6) is 0 Å². The molecule has 0 spiro atoms. The van der Waals surface area contributed by atoms with Crippen LogP contribution < -0.4 is 5.32 Å². The Labute approximate surface area is 159 Å². The maximum Gasteiger partial charge on any atom is 0.251 e. The summed E-state index contributed by atoms with van der Waals surface area (Å²) < 4.78 is 0. The quantitative estimate of drug-likeness (QED) is 0.691. The molecule has 3 nitrogen and oxygen atoms in total. The number of aryl methyl sites for hydroxylation is 4. The van der Waals surface area contributed by atoms with Gasteiger partial charge in [-0.05, 0) is 57.0 Å². The molecule has 4 heteroatoms. The van der Waals surface area contributed by atoms with Gasteiger partial charge < -0.3 is 5.32 Å². The lowest BCUT2D eigenvalue weighted by atomic mass is 10.1. The van der Waals surface area contributed by atoms with Crippen molar-refractivity contribution < 1.29 is 4.79 Å². The topological polar surface area (TPSA) is 42.0 Å². The molecule has 3 rings (SSSR count). The number of rotatable bonds is 5. The molecular weight excluding hydrogens is 340 g/mol. The smallest absolute Gasteiger partial charge is 0.251 e. The summed E-state index contributed by atoms with van der Waals surface area (Å²) in [6.07, 6.45) is 0.798. The zero-order chi connectivity index (χ0) is 18.7. The molecule has 1 heterocycles. The van der Waals surface area contributed by atoms with Crippen LogP contribution in [0.2, 0.25) is 0 Å². The molecule has 1 aromatic heterocycles. The van der Waals surface area contributed by atoms with Gasteiger partial charge in [-0.2, -0.15) is 0 Å². The van der Waals surface area contributed by atoms with E-state index >= 15 is 0 Å². The first-order valence-corrected chi connectivity index (χ1v) is 9.64. The Bertz CT molecular complexity index is 943. The van der Waals surface area contributed by atoms with Crippen LogP contribution in [0.15, 0.2) is 42.5 Å². The minimum Gasteiger partial charge on any atom is -0.352 e. The minimum atomic E-state index is -0.0193. The number of benzene rings is 2. The highest BCUT2D eigenvalue weighted by Crippen LogP contribution is 2.28. The van der Waals surface area contributed by atoms with Crippen LogP contribution in [0.25, 0.3) is 10.6 Å². The average molecular weight is 365 g/mol. The van der Waals surface area contributed by atoms with Gasteiger partial charge >= 0.3 is 0 Å². The first-order chi connectivity index (χ1) is 12.4. The van der Waals surface area contributed by atoms with Crippen molar-refractivity contribution in [3.63, 3.8) is 0 Å². The van der Waals surface area contributed by atoms with Crippen molar-refractivity contribution in [2.24, 2.45) is 0 Å². The number of hydrogen-bond donors (Lipinski definition) is 1. The molecule has 134 valence electrons. The van der Waals surface area contributed by atoms with Gasteiger partial charge in [0.15, 0.2) is 0 Å². The first kappa shape index (κ1) is 18.3. The van der Waals surface area contributed by atoms with Crippen molar-refractivity contribution in [1.82, 2.24) is 10.3 Å². The third-order valence-electron chi connectivity index (χ3n) is 4.56. The first-order valence-electron chi connectivity index (χ1n) is 8.83. The summed E-state index contributed by atoms with van der Waals surface area (Å²) in [5, 5.41) is 4.06. The molecule has 0 saturated carbocycles. The second kappa shape index (κ2) is 7.83. The zero-order valence-corrected chi connectivity index (χ0v) is 16.5. The Morgan fingerprint density at radius 2 is 1.85 bits per heavy atom. The van der Waals surface area contributed by atoms with E-state index in [1.807, 2.05) is 32.0 Å². The van der Waals surface area contributed by atoms with E-state index in [1.54, 1.807) is 11.3 Å². The predicted molar refractivity (Wildman–Crippen MR) is 109 cm³/mol. The van der Waals surface area contributed by atoms with E-state index in [0.717, 1.165) is 33.8 Å². The molecule has 3 aromatic rings. The van der Waals surface area contributed by atoms with Crippen LogP contribution >= 0.6 is 11.3 Å². The van der Waals surface area contributed by atoms with E-state index < -0.39 is 0 Å². The maximum absolute atomic E-state index is 12.3. The summed E-state index contributed by atoms with van der Waals surface area (Å²) in [5.74, 6) is -0.0193. The van der Waals surface area contributed by atoms with Gasteiger partial charge in [-0.3, -0.25) is 4.79 Å². The van der Waals surface area contributed by atoms with Gasteiger partial charge in [0.2, 0.25) is 0 Å². The molecule has 0 fully saturated rings. The van der Waals surface area contributed by atoms with E-state index in [0.29, 0.717) is 6.54 Å². The molecule has 26 heavy (non-hydrogen) atoms. The van der Waals surface area contributed by atoms with Gasteiger partial charge in [-0.25, -0.2) is 4.98 Å². The number of aromatic nitrogens is 1. The van der Waals surface area contributed by atoms with Crippen molar-refractivity contribution in [1.29, 1.82) is 0 Å². The summed E-state index contributed by atoms with van der Waals surface area (Å²) in [6.45, 7) is 8.82. The Kier molecular flexibility index (Phi) is 5.52. The van der Waals surface area contributed by atoms with Crippen molar-refractivity contribution in [2.45, 2.75) is 34.1 Å². The molecule has 0 atom stereocenters. The number of thiazole rings is 1. The normalized spacial score (nSPS) is 10.8. The third-order valence-corrected chi connectivity index (χ3v) is 5.83. The number of nitrogens with zero attached hydrogens (tertiary/aromatic N) is 1. The highest BCUT2D eigenvalue weighted by Gasteiger charge is 2.11. The van der Waals surface area contributed by atoms with Gasteiger partial charge in [0.1, 0.15) is 5.01 Å². The molecular formula is C22H24N2OS. The van der Waals surface area contributed by atoms with Gasteiger partial charge in [-0.15, -0.1) is 11.3 Å². The molecule has 1 amide bonds. The largest absolute Gasteiger partial charge is 0.352 e. The lowest BCUT2D eigenvalue weighted by Gasteiger charge is -2.07. The SMILES string of the molecule is Cc1cccc(-c2nc(C)c(CCNC(=O)c3ccc(C)c(C)c3)s2)c1. The van der Waals surface area contributed by atoms with Gasteiger partial charge in [0.05, 0.1) is 5.69 Å². The van der Waals surface area contributed by atoms with Gasteiger partial charge in [-0.1, -0.05) is 29.8 Å². The van der Waals surface area contributed by atoms with Crippen LogP contribution in [0.3, 0.4) is 0 Å². The molecule has 2 aromatic carbocycles. The summed E-state index contributed by atoms with van der Waals surface area (Å²) in [5.41, 5.74) is 6.49. The van der Waals surface area contributed by atoms with E-state index in [2.05, 4.69) is 43.4 Å². The fourth-order valence-corrected chi connectivity index (χ4v) is 3.89. The van der Waals surface area contributed by atoms with Gasteiger partial charge in [0, 0.05) is 29.0 Å². The molecule has 0 aliphatic carbocycles. The Hall–Kier alpha value is -2.46. The van der Waals surface area contributed by atoms with Crippen molar-refractivity contribution in [2.75, 3.05) is 6.54 Å². The highest BCUT2D eigenvalue weighted by molar-refractivity contribution is 7.15. The molecule has 0 aliphatic rings. The molecule has 0 bridgehead atoms. The number of hydrogen-bond acceptors (Lipinski definition) is 3. The number of nitrogens with one attached hydrogen (secondary N) is 1. The Morgan fingerprint density at radius 3 is 2.58 bits per heavy atom.